The number of hydrogen-bond acceptors (Lipinski definition) is 2. The molecule has 2 nitrogen and oxygen atoms in total. The molecular weight excluding hydrogens is 248 g/mol. The van der Waals surface area contributed by atoms with Crippen LogP contribution in [0.1, 0.15) is 11.1 Å². The maximum atomic E-state index is 9.80. The molecule has 98 valence electrons. The van der Waals surface area contributed by atoms with Crippen LogP contribution in [0.15, 0.2) is 60.7 Å². The topological polar surface area (TPSA) is 37.3 Å². The van der Waals surface area contributed by atoms with Gasteiger partial charge >= 0.3 is 0 Å². The third kappa shape index (κ3) is 6.81. The van der Waals surface area contributed by atoms with Gasteiger partial charge in [0.1, 0.15) is 6.61 Å². The molecule has 0 unspecified atom stereocenters. The van der Waals surface area contributed by atoms with E-state index in [1.165, 1.54) is 0 Å². The van der Waals surface area contributed by atoms with Gasteiger partial charge in [0.2, 0.25) is 0 Å². The molecule has 0 aliphatic heterocycles. The summed E-state index contributed by atoms with van der Waals surface area (Å²) in [5, 5.41) is 8.35. The fraction of sp³-hybridized carbons (Fsp3) is 0.0556. The molecule has 2 rings (SSSR count). The zero-order chi connectivity index (χ0) is 14.5. The number of aldehydes is 1. The van der Waals surface area contributed by atoms with Crippen LogP contribution in [-0.4, -0.2) is 18.0 Å². The Labute approximate surface area is 119 Å². The van der Waals surface area contributed by atoms with Gasteiger partial charge in [-0.3, -0.25) is 4.79 Å². The highest BCUT2D eigenvalue weighted by molar-refractivity contribution is 5.73. The van der Waals surface area contributed by atoms with Crippen molar-refractivity contribution in [2.24, 2.45) is 0 Å². The van der Waals surface area contributed by atoms with Crippen LogP contribution in [-0.2, 0) is 4.79 Å². The lowest BCUT2D eigenvalue weighted by atomic mass is 10.2. The minimum absolute atomic E-state index is 0.0745. The highest BCUT2D eigenvalue weighted by Crippen LogP contribution is 1.94. The Morgan fingerprint density at radius 3 is 1.80 bits per heavy atom. The highest BCUT2D eigenvalue weighted by Gasteiger charge is 1.79. The molecule has 0 atom stereocenters. The van der Waals surface area contributed by atoms with Crippen LogP contribution in [0.4, 0.5) is 0 Å². The Balaban J connectivity index is 0.000000200. The number of hydrogen-bond donors (Lipinski definition) is 1. The smallest absolute Gasteiger partial charge is 0.193 e. The molecule has 20 heavy (non-hydrogen) atoms. The van der Waals surface area contributed by atoms with E-state index in [1.54, 1.807) is 0 Å². The number of rotatable bonds is 0. The Morgan fingerprint density at radius 2 is 1.35 bits per heavy atom. The second kappa shape index (κ2) is 10.1. The van der Waals surface area contributed by atoms with E-state index in [0.29, 0.717) is 6.29 Å². The monoisotopic (exact) mass is 262 g/mol. The van der Waals surface area contributed by atoms with Crippen molar-refractivity contribution in [3.63, 3.8) is 0 Å². The molecule has 0 bridgehead atoms. The van der Waals surface area contributed by atoms with Gasteiger partial charge in [0.25, 0.3) is 0 Å². The van der Waals surface area contributed by atoms with Crippen LogP contribution >= 0.6 is 0 Å². The summed E-state index contributed by atoms with van der Waals surface area (Å²) in [5.41, 5.74) is 1.81. The van der Waals surface area contributed by atoms with Crippen LogP contribution in [0.3, 0.4) is 0 Å². The first-order valence-corrected chi connectivity index (χ1v) is 6.02. The average molecular weight is 262 g/mol. The van der Waals surface area contributed by atoms with Gasteiger partial charge in [-0.15, -0.1) is 0 Å². The summed E-state index contributed by atoms with van der Waals surface area (Å²) >= 11 is 0. The predicted octanol–water partition coefficient (Wildman–Crippen LogP) is 2.27. The second-order valence-electron chi connectivity index (χ2n) is 3.58. The highest BCUT2D eigenvalue weighted by atomic mass is 16.2. The third-order valence-corrected chi connectivity index (χ3v) is 2.13. The summed E-state index contributed by atoms with van der Waals surface area (Å²) in [6.45, 7) is -0.0745. The van der Waals surface area contributed by atoms with Crippen molar-refractivity contribution < 1.29 is 9.90 Å². The summed E-state index contributed by atoms with van der Waals surface area (Å²) in [5.74, 6) is 10.4. The summed E-state index contributed by atoms with van der Waals surface area (Å²) in [4.78, 5) is 9.80. The summed E-state index contributed by atoms with van der Waals surface area (Å²) in [6, 6.07) is 19.0. The van der Waals surface area contributed by atoms with Crippen molar-refractivity contribution in [2.75, 3.05) is 6.61 Å². The first-order valence-electron chi connectivity index (χ1n) is 6.02. The number of aliphatic hydroxyl groups is 1. The van der Waals surface area contributed by atoms with Crippen molar-refractivity contribution in [2.45, 2.75) is 0 Å². The molecule has 0 spiro atoms. The van der Waals surface area contributed by atoms with Gasteiger partial charge in [-0.1, -0.05) is 54.2 Å². The van der Waals surface area contributed by atoms with Gasteiger partial charge in [-0.25, -0.2) is 0 Å². The van der Waals surface area contributed by atoms with Gasteiger partial charge in [0.15, 0.2) is 6.29 Å². The van der Waals surface area contributed by atoms with E-state index in [9.17, 15) is 4.79 Å². The molecule has 2 aromatic rings. The van der Waals surface area contributed by atoms with E-state index in [1.807, 2.05) is 60.7 Å². The van der Waals surface area contributed by atoms with Crippen LogP contribution in [0.25, 0.3) is 0 Å². The largest absolute Gasteiger partial charge is 0.384 e. The molecule has 2 aromatic carbocycles. The summed E-state index contributed by atoms with van der Waals surface area (Å²) < 4.78 is 0. The van der Waals surface area contributed by atoms with Crippen LogP contribution in [0.5, 0.6) is 0 Å². The van der Waals surface area contributed by atoms with E-state index in [4.69, 9.17) is 5.11 Å². The van der Waals surface area contributed by atoms with Crippen LogP contribution in [0, 0.1) is 23.7 Å². The zero-order valence-electron chi connectivity index (χ0n) is 10.9. The number of carbonyl (C=O) groups is 1. The fourth-order valence-corrected chi connectivity index (χ4v) is 1.30. The lowest BCUT2D eigenvalue weighted by molar-refractivity contribution is -0.103. The first-order chi connectivity index (χ1) is 9.86. The maximum absolute atomic E-state index is 9.80. The summed E-state index contributed by atoms with van der Waals surface area (Å²) in [7, 11) is 0. The quantitative estimate of drug-likeness (QED) is 0.584. The molecule has 2 heteroatoms. The van der Waals surface area contributed by atoms with Crippen molar-refractivity contribution in [3.8, 4) is 23.7 Å². The fourth-order valence-electron chi connectivity index (χ4n) is 1.30. The minimum atomic E-state index is -0.0745. The SMILES string of the molecule is O=CC#Cc1ccccc1.OCC#Cc1ccccc1. The van der Waals surface area contributed by atoms with E-state index >= 15 is 0 Å². The molecule has 0 aliphatic carbocycles. The van der Waals surface area contributed by atoms with E-state index in [-0.39, 0.29) is 6.61 Å². The van der Waals surface area contributed by atoms with Crippen LogP contribution < -0.4 is 0 Å². The van der Waals surface area contributed by atoms with Crippen molar-refractivity contribution >= 4 is 6.29 Å². The van der Waals surface area contributed by atoms with Crippen LogP contribution in [0.2, 0.25) is 0 Å². The van der Waals surface area contributed by atoms with Gasteiger partial charge in [-0.05, 0) is 30.2 Å². The van der Waals surface area contributed by atoms with Gasteiger partial charge in [0.05, 0.1) is 0 Å². The molecule has 0 amide bonds. The normalized spacial score (nSPS) is 7.85. The van der Waals surface area contributed by atoms with Crippen molar-refractivity contribution in [1.29, 1.82) is 0 Å². The molecule has 0 heterocycles. The number of benzene rings is 2. The van der Waals surface area contributed by atoms with Crippen molar-refractivity contribution in [3.05, 3.63) is 71.8 Å². The molecule has 0 saturated carbocycles. The molecule has 0 aliphatic rings. The maximum Gasteiger partial charge on any atom is 0.193 e. The Bertz CT molecular complexity index is 623. The minimum Gasteiger partial charge on any atom is -0.384 e. The molecule has 0 radical (unpaired) electrons. The predicted molar refractivity (Wildman–Crippen MR) is 79.8 cm³/mol. The Hall–Kier alpha value is -2.81. The zero-order valence-corrected chi connectivity index (χ0v) is 10.9. The number of aliphatic hydroxyl groups excluding tert-OH is 1. The van der Waals surface area contributed by atoms with Gasteiger partial charge < -0.3 is 5.11 Å². The summed E-state index contributed by atoms with van der Waals surface area (Å²) in [6.07, 6.45) is 0.590. The second-order valence-corrected chi connectivity index (χ2v) is 3.58. The van der Waals surface area contributed by atoms with Gasteiger partial charge in [-0.2, -0.15) is 0 Å². The lowest BCUT2D eigenvalue weighted by Gasteiger charge is -1.84. The molecule has 0 saturated heterocycles. The molecule has 1 N–H and O–H groups in total. The van der Waals surface area contributed by atoms with E-state index in [2.05, 4.69) is 23.7 Å². The Kier molecular flexibility index (Phi) is 7.73. The molecule has 0 aromatic heterocycles. The van der Waals surface area contributed by atoms with Crippen molar-refractivity contribution in [1.82, 2.24) is 0 Å². The third-order valence-electron chi connectivity index (χ3n) is 2.13. The first kappa shape index (κ1) is 15.2. The average Bonchev–Trinajstić information content (AvgIpc) is 2.53. The van der Waals surface area contributed by atoms with Gasteiger partial charge in [0, 0.05) is 11.1 Å². The number of carbonyl (C=O) groups excluding carboxylic acids is 1. The standard InChI is InChI=1S/C9H8O.C9H6O/c2*10-8-4-7-9-5-2-1-3-6-9/h1-3,5-6,10H,8H2;1-3,5-6,8H. The molecule has 0 fully saturated rings. The lowest BCUT2D eigenvalue weighted by Crippen LogP contribution is -1.74. The van der Waals surface area contributed by atoms with E-state index < -0.39 is 0 Å². The Morgan fingerprint density at radius 1 is 0.850 bits per heavy atom. The van der Waals surface area contributed by atoms with E-state index in [0.717, 1.165) is 11.1 Å². The molecular formula is C18H14O2.